The summed E-state index contributed by atoms with van der Waals surface area (Å²) in [6.07, 6.45) is 0. The van der Waals surface area contributed by atoms with Gasteiger partial charge in [-0.15, -0.1) is 0 Å². The van der Waals surface area contributed by atoms with Crippen LogP contribution in [-0.4, -0.2) is 16.3 Å². The Hall–Kier alpha value is -1.29. The average molecular weight is 234 g/mol. The molecule has 0 saturated carbocycles. The number of rotatable bonds is 1. The van der Waals surface area contributed by atoms with Crippen molar-refractivity contribution in [1.29, 1.82) is 0 Å². The van der Waals surface area contributed by atoms with Crippen LogP contribution in [0, 0.1) is 13.8 Å². The molecule has 1 heterocycles. The summed E-state index contributed by atoms with van der Waals surface area (Å²) in [6.45, 7) is 6.01. The summed E-state index contributed by atoms with van der Waals surface area (Å²) in [5, 5.41) is 3.42. The Morgan fingerprint density at radius 3 is 2.62 bits per heavy atom. The van der Waals surface area contributed by atoms with Crippen LogP contribution in [-0.2, 0) is 4.79 Å². The molecule has 0 aliphatic carbocycles. The zero-order chi connectivity index (χ0) is 11.7. The fourth-order valence-corrected chi connectivity index (χ4v) is 2.24. The fourth-order valence-electron chi connectivity index (χ4n) is 1.42. The molecule has 2 rings (SSSR count). The first-order chi connectivity index (χ1) is 7.56. The van der Waals surface area contributed by atoms with E-state index >= 15 is 0 Å². The molecule has 1 aliphatic heterocycles. The first kappa shape index (κ1) is 11.2. The Balaban J connectivity index is 2.24. The van der Waals surface area contributed by atoms with E-state index in [2.05, 4.69) is 24.2 Å². The van der Waals surface area contributed by atoms with Crippen molar-refractivity contribution >= 4 is 28.5 Å². The van der Waals surface area contributed by atoms with Crippen LogP contribution in [0.15, 0.2) is 23.2 Å². The van der Waals surface area contributed by atoms with Crippen LogP contribution in [0.3, 0.4) is 0 Å². The van der Waals surface area contributed by atoms with Crippen molar-refractivity contribution < 1.29 is 4.79 Å². The van der Waals surface area contributed by atoms with E-state index in [-0.39, 0.29) is 11.2 Å². The summed E-state index contributed by atoms with van der Waals surface area (Å²) < 4.78 is 0. The molecule has 0 aromatic heterocycles. The van der Waals surface area contributed by atoms with Crippen molar-refractivity contribution in [2.24, 2.45) is 4.99 Å². The van der Waals surface area contributed by atoms with Gasteiger partial charge in [-0.25, -0.2) is 4.99 Å². The highest BCUT2D eigenvalue weighted by atomic mass is 32.2. The van der Waals surface area contributed by atoms with Gasteiger partial charge in [0, 0.05) is 0 Å². The number of aryl methyl sites for hydroxylation is 2. The monoisotopic (exact) mass is 234 g/mol. The molecule has 1 aliphatic rings. The summed E-state index contributed by atoms with van der Waals surface area (Å²) in [4.78, 5) is 15.7. The number of hydrogen-bond donors (Lipinski definition) is 1. The van der Waals surface area contributed by atoms with Crippen LogP contribution in [0.5, 0.6) is 0 Å². The Labute approximate surface area is 99.3 Å². The fraction of sp³-hybridized carbons (Fsp3) is 0.333. The van der Waals surface area contributed by atoms with Crippen LogP contribution in [0.1, 0.15) is 18.1 Å². The maximum atomic E-state index is 11.3. The minimum Gasteiger partial charge on any atom is -0.304 e. The number of carbonyl (C=O) groups excluding carboxylic acids is 1. The summed E-state index contributed by atoms with van der Waals surface area (Å²) in [5.41, 5.74) is 3.35. The number of amidine groups is 1. The lowest BCUT2D eigenvalue weighted by Crippen LogP contribution is -2.23. The van der Waals surface area contributed by atoms with Gasteiger partial charge in [0.1, 0.15) is 0 Å². The van der Waals surface area contributed by atoms with Crippen molar-refractivity contribution in [1.82, 2.24) is 5.32 Å². The smallest absolute Gasteiger partial charge is 0.239 e. The van der Waals surface area contributed by atoms with Crippen molar-refractivity contribution in [3.05, 3.63) is 29.3 Å². The van der Waals surface area contributed by atoms with Crippen molar-refractivity contribution in [3.8, 4) is 0 Å². The number of thioether (sulfide) groups is 1. The third-order valence-electron chi connectivity index (χ3n) is 2.61. The first-order valence-electron chi connectivity index (χ1n) is 5.20. The highest BCUT2D eigenvalue weighted by molar-refractivity contribution is 8.15. The predicted octanol–water partition coefficient (Wildman–Crippen LogP) is 2.54. The number of aliphatic imine (C=N–C) groups is 1. The molecule has 1 aromatic carbocycles. The Kier molecular flexibility index (Phi) is 3.01. The highest BCUT2D eigenvalue weighted by Gasteiger charge is 2.25. The second-order valence-electron chi connectivity index (χ2n) is 3.93. The molecule has 1 atom stereocenters. The van der Waals surface area contributed by atoms with E-state index in [9.17, 15) is 4.79 Å². The molecular weight excluding hydrogens is 220 g/mol. The van der Waals surface area contributed by atoms with Gasteiger partial charge in [0.15, 0.2) is 5.17 Å². The molecule has 0 bridgehead atoms. The molecule has 1 unspecified atom stereocenters. The molecule has 0 spiro atoms. The van der Waals surface area contributed by atoms with E-state index in [0.717, 1.165) is 5.69 Å². The summed E-state index contributed by atoms with van der Waals surface area (Å²) in [5.74, 6) is 0.0348. The van der Waals surface area contributed by atoms with Crippen LogP contribution in [0.4, 0.5) is 5.69 Å². The van der Waals surface area contributed by atoms with E-state index < -0.39 is 0 Å². The molecule has 0 radical (unpaired) electrons. The SMILES string of the molecule is Cc1ccc(N=C2NC(=O)C(C)S2)cc1C. The van der Waals surface area contributed by atoms with E-state index in [0.29, 0.717) is 5.17 Å². The van der Waals surface area contributed by atoms with Gasteiger partial charge in [0.25, 0.3) is 0 Å². The lowest BCUT2D eigenvalue weighted by Gasteiger charge is -2.01. The highest BCUT2D eigenvalue weighted by Crippen LogP contribution is 2.23. The van der Waals surface area contributed by atoms with Crippen molar-refractivity contribution in [2.45, 2.75) is 26.0 Å². The van der Waals surface area contributed by atoms with Crippen molar-refractivity contribution in [2.75, 3.05) is 0 Å². The van der Waals surface area contributed by atoms with Gasteiger partial charge in [0.2, 0.25) is 5.91 Å². The third-order valence-corrected chi connectivity index (χ3v) is 3.59. The van der Waals surface area contributed by atoms with Gasteiger partial charge in [-0.1, -0.05) is 17.8 Å². The molecule has 1 N–H and O–H groups in total. The number of hydrogen-bond acceptors (Lipinski definition) is 3. The van der Waals surface area contributed by atoms with Crippen LogP contribution < -0.4 is 5.32 Å². The van der Waals surface area contributed by atoms with E-state index in [1.807, 2.05) is 25.1 Å². The average Bonchev–Trinajstić information content (AvgIpc) is 2.52. The van der Waals surface area contributed by atoms with Gasteiger partial charge >= 0.3 is 0 Å². The van der Waals surface area contributed by atoms with Crippen LogP contribution >= 0.6 is 11.8 Å². The lowest BCUT2D eigenvalue weighted by molar-refractivity contribution is -0.118. The second kappa shape index (κ2) is 4.29. The normalized spacial score (nSPS) is 22.6. The van der Waals surface area contributed by atoms with Gasteiger partial charge in [-0.3, -0.25) is 4.79 Å². The molecule has 1 fully saturated rings. The molecule has 1 aromatic rings. The Morgan fingerprint density at radius 2 is 2.06 bits per heavy atom. The summed E-state index contributed by atoms with van der Waals surface area (Å²) in [6, 6.07) is 6.03. The molecule has 1 saturated heterocycles. The number of amides is 1. The van der Waals surface area contributed by atoms with Gasteiger partial charge in [0.05, 0.1) is 10.9 Å². The van der Waals surface area contributed by atoms with Gasteiger partial charge < -0.3 is 5.32 Å². The molecule has 84 valence electrons. The molecule has 4 heteroatoms. The van der Waals surface area contributed by atoms with Gasteiger partial charge in [-0.05, 0) is 44.0 Å². The number of benzene rings is 1. The van der Waals surface area contributed by atoms with Crippen LogP contribution in [0.2, 0.25) is 0 Å². The van der Waals surface area contributed by atoms with E-state index in [1.165, 1.54) is 22.9 Å². The third kappa shape index (κ3) is 2.27. The predicted molar refractivity (Wildman–Crippen MR) is 68.2 cm³/mol. The minimum absolute atomic E-state index is 0.0348. The quantitative estimate of drug-likeness (QED) is 0.811. The van der Waals surface area contributed by atoms with Crippen LogP contribution in [0.25, 0.3) is 0 Å². The number of nitrogens with zero attached hydrogens (tertiary/aromatic N) is 1. The maximum absolute atomic E-state index is 11.3. The topological polar surface area (TPSA) is 41.5 Å². The first-order valence-corrected chi connectivity index (χ1v) is 6.07. The summed E-state index contributed by atoms with van der Waals surface area (Å²) in [7, 11) is 0. The molecule has 3 nitrogen and oxygen atoms in total. The minimum atomic E-state index is -0.0368. The zero-order valence-corrected chi connectivity index (χ0v) is 10.4. The molecule has 16 heavy (non-hydrogen) atoms. The van der Waals surface area contributed by atoms with Crippen molar-refractivity contribution in [3.63, 3.8) is 0 Å². The standard InChI is InChI=1S/C12H14N2OS/c1-7-4-5-10(6-8(7)2)13-12-14-11(15)9(3)16-12/h4-6,9H,1-3H3,(H,13,14,15). The zero-order valence-electron chi connectivity index (χ0n) is 9.57. The molecular formula is C12H14N2OS. The number of nitrogens with one attached hydrogen (secondary N) is 1. The maximum Gasteiger partial charge on any atom is 0.239 e. The Bertz CT molecular complexity index is 468. The second-order valence-corrected chi connectivity index (χ2v) is 5.26. The Morgan fingerprint density at radius 1 is 1.31 bits per heavy atom. The largest absolute Gasteiger partial charge is 0.304 e. The molecule has 1 amide bonds. The van der Waals surface area contributed by atoms with Gasteiger partial charge in [-0.2, -0.15) is 0 Å². The summed E-state index contributed by atoms with van der Waals surface area (Å²) >= 11 is 1.47. The van der Waals surface area contributed by atoms with E-state index in [4.69, 9.17) is 0 Å². The van der Waals surface area contributed by atoms with E-state index in [1.54, 1.807) is 0 Å². The lowest BCUT2D eigenvalue weighted by atomic mass is 10.1. The number of carbonyl (C=O) groups is 1.